The highest BCUT2D eigenvalue weighted by Crippen LogP contribution is 2.38. The lowest BCUT2D eigenvalue weighted by Crippen LogP contribution is -2.27. The molecule has 1 aliphatic rings. The van der Waals surface area contributed by atoms with Gasteiger partial charge in [-0.1, -0.05) is 19.9 Å². The molecule has 0 saturated carbocycles. The van der Waals surface area contributed by atoms with E-state index in [4.69, 9.17) is 0 Å². The summed E-state index contributed by atoms with van der Waals surface area (Å²) >= 11 is 3.95. The number of hydrogen-bond donors (Lipinski definition) is 1. The summed E-state index contributed by atoms with van der Waals surface area (Å²) in [6.07, 6.45) is 1.79. The third-order valence-corrected chi connectivity index (χ3v) is 3.60. The zero-order valence-corrected chi connectivity index (χ0v) is 10.7. The predicted molar refractivity (Wildman–Crippen MR) is 70.9 cm³/mol. The van der Waals surface area contributed by atoms with Crippen LogP contribution in [0.1, 0.15) is 37.8 Å². The van der Waals surface area contributed by atoms with Gasteiger partial charge in [-0.3, -0.25) is 10.1 Å². The molecule has 0 bridgehead atoms. The summed E-state index contributed by atoms with van der Waals surface area (Å²) in [6.45, 7) is 4.29. The minimum Gasteiger partial charge on any atom is -0.258 e. The molecule has 1 aromatic carbocycles. The molecule has 2 rings (SSSR count). The average Bonchev–Trinajstić information content (AvgIpc) is 2.28. The standard InChI is InChI=1S/C12H14N2O2S/c1-12(2)6-5-11(13-17)9-7-8(14(15)16)3-4-10(9)12/h3-4,7,17H,5-6H2,1-2H3/b13-11+. The lowest BCUT2D eigenvalue weighted by atomic mass is 9.72. The van der Waals surface area contributed by atoms with E-state index in [0.29, 0.717) is 0 Å². The first-order valence-electron chi connectivity index (χ1n) is 5.46. The first-order chi connectivity index (χ1) is 7.95. The average molecular weight is 250 g/mol. The van der Waals surface area contributed by atoms with Crippen LogP contribution < -0.4 is 0 Å². The highest BCUT2D eigenvalue weighted by molar-refractivity contribution is 7.79. The molecule has 0 aliphatic heterocycles. The van der Waals surface area contributed by atoms with Crippen LogP contribution in [-0.2, 0) is 5.41 Å². The molecular formula is C12H14N2O2S. The van der Waals surface area contributed by atoms with Crippen LogP contribution in [0.25, 0.3) is 0 Å². The molecule has 0 aromatic heterocycles. The smallest absolute Gasteiger partial charge is 0.258 e. The van der Waals surface area contributed by atoms with Crippen molar-refractivity contribution in [1.82, 2.24) is 0 Å². The Morgan fingerprint density at radius 2 is 2.18 bits per heavy atom. The van der Waals surface area contributed by atoms with E-state index in [1.54, 1.807) is 12.1 Å². The fourth-order valence-electron chi connectivity index (χ4n) is 2.28. The number of rotatable bonds is 1. The number of nitrogens with zero attached hydrogens (tertiary/aromatic N) is 2. The summed E-state index contributed by atoms with van der Waals surface area (Å²) < 4.78 is 3.94. The van der Waals surface area contributed by atoms with Gasteiger partial charge in [0, 0.05) is 17.7 Å². The summed E-state index contributed by atoms with van der Waals surface area (Å²) in [5.74, 6) is 0. The van der Waals surface area contributed by atoms with Crippen molar-refractivity contribution >= 4 is 24.2 Å². The van der Waals surface area contributed by atoms with Gasteiger partial charge in [0.2, 0.25) is 0 Å². The van der Waals surface area contributed by atoms with Gasteiger partial charge in [0.05, 0.1) is 10.6 Å². The molecule has 5 heteroatoms. The Labute approximate surface area is 105 Å². The highest BCUT2D eigenvalue weighted by Gasteiger charge is 2.31. The summed E-state index contributed by atoms with van der Waals surface area (Å²) in [5.41, 5.74) is 2.96. The number of nitro groups is 1. The molecule has 90 valence electrons. The molecule has 1 aliphatic carbocycles. The largest absolute Gasteiger partial charge is 0.270 e. The number of nitro benzene ring substituents is 1. The van der Waals surface area contributed by atoms with Gasteiger partial charge in [-0.2, -0.15) is 0 Å². The van der Waals surface area contributed by atoms with E-state index in [-0.39, 0.29) is 16.0 Å². The van der Waals surface area contributed by atoms with E-state index in [2.05, 4.69) is 31.1 Å². The minimum absolute atomic E-state index is 0.0342. The molecule has 0 atom stereocenters. The third kappa shape index (κ3) is 2.07. The van der Waals surface area contributed by atoms with Gasteiger partial charge in [-0.05, 0) is 36.6 Å². The van der Waals surface area contributed by atoms with E-state index in [9.17, 15) is 10.1 Å². The van der Waals surface area contributed by atoms with Crippen molar-refractivity contribution in [2.24, 2.45) is 4.40 Å². The van der Waals surface area contributed by atoms with Crippen molar-refractivity contribution in [3.05, 3.63) is 39.4 Å². The molecule has 0 N–H and O–H groups in total. The molecule has 0 amide bonds. The number of benzene rings is 1. The van der Waals surface area contributed by atoms with Crippen LogP contribution >= 0.6 is 12.8 Å². The zero-order valence-electron chi connectivity index (χ0n) is 9.80. The van der Waals surface area contributed by atoms with E-state index >= 15 is 0 Å². The van der Waals surface area contributed by atoms with Gasteiger partial charge in [0.1, 0.15) is 0 Å². The minimum atomic E-state index is -0.377. The van der Waals surface area contributed by atoms with Gasteiger partial charge in [0.15, 0.2) is 0 Å². The Morgan fingerprint density at radius 3 is 2.76 bits per heavy atom. The number of non-ortho nitro benzene ring substituents is 1. The van der Waals surface area contributed by atoms with E-state index in [0.717, 1.165) is 29.7 Å². The van der Waals surface area contributed by atoms with E-state index < -0.39 is 0 Å². The molecule has 0 fully saturated rings. The number of fused-ring (bicyclic) bond motifs is 1. The van der Waals surface area contributed by atoms with Gasteiger partial charge in [0.25, 0.3) is 5.69 Å². The molecule has 1 aromatic rings. The Hall–Kier alpha value is -1.36. The van der Waals surface area contributed by atoms with Crippen LogP contribution in [-0.4, -0.2) is 10.6 Å². The monoisotopic (exact) mass is 250 g/mol. The van der Waals surface area contributed by atoms with Crippen molar-refractivity contribution in [1.29, 1.82) is 0 Å². The molecule has 17 heavy (non-hydrogen) atoms. The molecule has 0 saturated heterocycles. The van der Waals surface area contributed by atoms with Crippen LogP contribution in [0, 0.1) is 10.1 Å². The predicted octanol–water partition coefficient (Wildman–Crippen LogP) is 3.30. The molecule has 0 radical (unpaired) electrons. The van der Waals surface area contributed by atoms with Crippen molar-refractivity contribution in [2.45, 2.75) is 32.1 Å². The van der Waals surface area contributed by atoms with Crippen LogP contribution in [0.15, 0.2) is 22.6 Å². The van der Waals surface area contributed by atoms with Crippen molar-refractivity contribution in [3.63, 3.8) is 0 Å². The van der Waals surface area contributed by atoms with Crippen LogP contribution in [0.5, 0.6) is 0 Å². The van der Waals surface area contributed by atoms with E-state index in [1.807, 2.05) is 6.07 Å². The second kappa shape index (κ2) is 4.14. The lowest BCUT2D eigenvalue weighted by molar-refractivity contribution is -0.384. The van der Waals surface area contributed by atoms with Crippen molar-refractivity contribution in [3.8, 4) is 0 Å². The Morgan fingerprint density at radius 1 is 1.47 bits per heavy atom. The maximum atomic E-state index is 10.8. The van der Waals surface area contributed by atoms with Crippen LogP contribution in [0.3, 0.4) is 0 Å². The van der Waals surface area contributed by atoms with Gasteiger partial charge < -0.3 is 0 Å². The maximum absolute atomic E-state index is 10.8. The van der Waals surface area contributed by atoms with Gasteiger partial charge in [-0.15, -0.1) is 0 Å². The Bertz CT molecular complexity index is 509. The Kier molecular flexibility index (Phi) is 2.95. The van der Waals surface area contributed by atoms with Crippen molar-refractivity contribution in [2.75, 3.05) is 0 Å². The third-order valence-electron chi connectivity index (χ3n) is 3.36. The number of thiol groups is 1. The van der Waals surface area contributed by atoms with E-state index in [1.165, 1.54) is 0 Å². The highest BCUT2D eigenvalue weighted by atomic mass is 32.1. The molecular weight excluding hydrogens is 236 g/mol. The van der Waals surface area contributed by atoms with Gasteiger partial charge in [-0.25, -0.2) is 4.40 Å². The van der Waals surface area contributed by atoms with Crippen LogP contribution in [0.4, 0.5) is 5.69 Å². The summed E-state index contributed by atoms with van der Waals surface area (Å²) in [6, 6.07) is 5.00. The molecule has 0 spiro atoms. The first-order valence-corrected chi connectivity index (χ1v) is 5.86. The lowest BCUT2D eigenvalue weighted by Gasteiger charge is -2.32. The normalized spacial score (nSPS) is 20.1. The maximum Gasteiger partial charge on any atom is 0.270 e. The second-order valence-electron chi connectivity index (χ2n) is 4.92. The zero-order chi connectivity index (χ0) is 12.6. The summed E-state index contributed by atoms with van der Waals surface area (Å²) in [4.78, 5) is 10.4. The molecule has 0 unspecified atom stereocenters. The SMILES string of the molecule is CC1(C)CC/C(=N\S)c2cc([N+](=O)[O-])ccc21. The Balaban J connectivity index is 2.63. The second-order valence-corrected chi connectivity index (χ2v) is 5.12. The van der Waals surface area contributed by atoms with Gasteiger partial charge >= 0.3 is 0 Å². The van der Waals surface area contributed by atoms with Crippen LogP contribution in [0.2, 0.25) is 0 Å². The summed E-state index contributed by atoms with van der Waals surface area (Å²) in [5, 5.41) is 10.8. The first kappa shape index (κ1) is 12.1. The summed E-state index contributed by atoms with van der Waals surface area (Å²) in [7, 11) is 0. The van der Waals surface area contributed by atoms with Crippen molar-refractivity contribution < 1.29 is 4.92 Å². The topological polar surface area (TPSA) is 55.5 Å². The quantitative estimate of drug-likeness (QED) is 0.472. The molecule has 0 heterocycles. The fourth-order valence-corrected chi connectivity index (χ4v) is 2.49. The molecule has 4 nitrogen and oxygen atoms in total. The fraction of sp³-hybridized carbons (Fsp3) is 0.417. The number of hydrogen-bond acceptors (Lipinski definition) is 4.